The van der Waals surface area contributed by atoms with Crippen LogP contribution in [0.25, 0.3) is 11.3 Å². The standard InChI is InChI=1S/C23H25N3O2S/c27-22(20-10-5-2-6-11-20)26(13-7-12-25-14-16-28-17-15-25)23-24-21(18-29-23)19-8-3-1-4-9-19/h1-6,8-11,18H,7,12-17H2. The van der Waals surface area contributed by atoms with Crippen LogP contribution >= 0.6 is 11.3 Å². The van der Waals surface area contributed by atoms with Crippen LogP contribution in [0.15, 0.2) is 66.0 Å². The molecule has 0 atom stereocenters. The zero-order valence-electron chi connectivity index (χ0n) is 16.4. The highest BCUT2D eigenvalue weighted by atomic mass is 32.1. The van der Waals surface area contributed by atoms with Crippen LogP contribution in [0.2, 0.25) is 0 Å². The number of carbonyl (C=O) groups is 1. The third kappa shape index (κ3) is 5.09. The molecule has 2 aromatic carbocycles. The monoisotopic (exact) mass is 407 g/mol. The Balaban J connectivity index is 1.51. The lowest BCUT2D eigenvalue weighted by molar-refractivity contribution is 0.0376. The van der Waals surface area contributed by atoms with E-state index >= 15 is 0 Å². The van der Waals surface area contributed by atoms with Crippen molar-refractivity contribution in [2.75, 3.05) is 44.3 Å². The van der Waals surface area contributed by atoms with Crippen molar-refractivity contribution in [3.8, 4) is 11.3 Å². The summed E-state index contributed by atoms with van der Waals surface area (Å²) in [6.07, 6.45) is 0.902. The molecule has 0 unspecified atom stereocenters. The van der Waals surface area contributed by atoms with E-state index in [-0.39, 0.29) is 5.91 Å². The average Bonchev–Trinajstić information content (AvgIpc) is 3.28. The Morgan fingerprint density at radius 1 is 1.03 bits per heavy atom. The minimum absolute atomic E-state index is 0.00143. The molecule has 1 aliphatic heterocycles. The molecule has 0 bridgehead atoms. The number of morpholine rings is 1. The SMILES string of the molecule is O=C(c1ccccc1)N(CCCN1CCOCC1)c1nc(-c2ccccc2)cs1. The molecule has 1 saturated heterocycles. The molecule has 0 aliphatic carbocycles. The fourth-order valence-corrected chi connectivity index (χ4v) is 4.29. The van der Waals surface area contributed by atoms with Crippen LogP contribution in [-0.2, 0) is 4.74 Å². The molecule has 1 aliphatic rings. The maximum atomic E-state index is 13.2. The molecule has 4 rings (SSSR count). The first-order chi connectivity index (χ1) is 14.3. The average molecular weight is 408 g/mol. The smallest absolute Gasteiger partial charge is 0.260 e. The number of hydrogen-bond acceptors (Lipinski definition) is 5. The summed E-state index contributed by atoms with van der Waals surface area (Å²) in [5.41, 5.74) is 2.66. The maximum Gasteiger partial charge on any atom is 0.260 e. The molecule has 0 radical (unpaired) electrons. The molecule has 5 nitrogen and oxygen atoms in total. The summed E-state index contributed by atoms with van der Waals surface area (Å²) in [5.74, 6) is 0.00143. The van der Waals surface area contributed by atoms with E-state index < -0.39 is 0 Å². The highest BCUT2D eigenvalue weighted by molar-refractivity contribution is 7.14. The van der Waals surface area contributed by atoms with Crippen molar-refractivity contribution in [3.63, 3.8) is 0 Å². The lowest BCUT2D eigenvalue weighted by Crippen LogP contribution is -2.39. The van der Waals surface area contributed by atoms with Crippen LogP contribution in [-0.4, -0.2) is 55.2 Å². The molecule has 1 aromatic heterocycles. The van der Waals surface area contributed by atoms with E-state index in [0.29, 0.717) is 12.1 Å². The summed E-state index contributed by atoms with van der Waals surface area (Å²) in [7, 11) is 0. The van der Waals surface area contributed by atoms with Crippen LogP contribution < -0.4 is 4.90 Å². The normalized spacial score (nSPS) is 14.6. The van der Waals surface area contributed by atoms with E-state index in [0.717, 1.165) is 55.7 Å². The number of anilines is 1. The van der Waals surface area contributed by atoms with Gasteiger partial charge in [0.2, 0.25) is 0 Å². The quantitative estimate of drug-likeness (QED) is 0.589. The Morgan fingerprint density at radius 2 is 1.72 bits per heavy atom. The van der Waals surface area contributed by atoms with Gasteiger partial charge in [-0.2, -0.15) is 0 Å². The summed E-state index contributed by atoms with van der Waals surface area (Å²) in [4.78, 5) is 22.2. The number of carbonyl (C=O) groups excluding carboxylic acids is 1. The molecule has 1 amide bonds. The van der Waals surface area contributed by atoms with Gasteiger partial charge in [0, 0.05) is 42.7 Å². The van der Waals surface area contributed by atoms with Gasteiger partial charge in [0.05, 0.1) is 18.9 Å². The highest BCUT2D eigenvalue weighted by Crippen LogP contribution is 2.28. The molecule has 3 aromatic rings. The Labute approximate surface area is 175 Å². The molecule has 1 fully saturated rings. The molecule has 29 heavy (non-hydrogen) atoms. The molecule has 6 heteroatoms. The van der Waals surface area contributed by atoms with Crippen molar-refractivity contribution < 1.29 is 9.53 Å². The van der Waals surface area contributed by atoms with Gasteiger partial charge < -0.3 is 4.74 Å². The second kappa shape index (κ2) is 9.78. The first kappa shape index (κ1) is 19.8. The maximum absolute atomic E-state index is 13.2. The van der Waals surface area contributed by atoms with Gasteiger partial charge in [0.1, 0.15) is 0 Å². The van der Waals surface area contributed by atoms with Crippen molar-refractivity contribution in [2.24, 2.45) is 0 Å². The van der Waals surface area contributed by atoms with Crippen molar-refractivity contribution in [2.45, 2.75) is 6.42 Å². The summed E-state index contributed by atoms with van der Waals surface area (Å²) in [5, 5.41) is 2.78. The van der Waals surface area contributed by atoms with Gasteiger partial charge in [-0.25, -0.2) is 4.98 Å². The van der Waals surface area contributed by atoms with Crippen molar-refractivity contribution in [1.82, 2.24) is 9.88 Å². The number of aromatic nitrogens is 1. The number of hydrogen-bond donors (Lipinski definition) is 0. The number of amides is 1. The predicted molar refractivity (Wildman–Crippen MR) is 118 cm³/mol. The zero-order chi connectivity index (χ0) is 19.9. The molecular weight excluding hydrogens is 382 g/mol. The second-order valence-corrected chi connectivity index (χ2v) is 7.85. The van der Waals surface area contributed by atoms with Crippen molar-refractivity contribution in [3.05, 3.63) is 71.6 Å². The number of ether oxygens (including phenoxy) is 1. The van der Waals surface area contributed by atoms with E-state index in [4.69, 9.17) is 9.72 Å². The first-order valence-electron chi connectivity index (χ1n) is 9.99. The van der Waals surface area contributed by atoms with Crippen molar-refractivity contribution in [1.29, 1.82) is 0 Å². The third-order valence-electron chi connectivity index (χ3n) is 5.02. The molecule has 2 heterocycles. The molecule has 0 saturated carbocycles. The number of thiazole rings is 1. The van der Waals surface area contributed by atoms with Crippen LogP contribution in [0.5, 0.6) is 0 Å². The van der Waals surface area contributed by atoms with E-state index in [1.54, 1.807) is 0 Å². The number of nitrogens with zero attached hydrogens (tertiary/aromatic N) is 3. The Bertz CT molecular complexity index is 908. The van der Waals surface area contributed by atoms with Gasteiger partial charge in [-0.1, -0.05) is 48.5 Å². The van der Waals surface area contributed by atoms with Gasteiger partial charge in [0.25, 0.3) is 5.91 Å². The van der Waals surface area contributed by atoms with Gasteiger partial charge in [-0.3, -0.25) is 14.6 Å². The fourth-order valence-electron chi connectivity index (χ4n) is 3.43. The largest absolute Gasteiger partial charge is 0.379 e. The van der Waals surface area contributed by atoms with Crippen LogP contribution in [0.3, 0.4) is 0 Å². The van der Waals surface area contributed by atoms with Gasteiger partial charge in [-0.05, 0) is 18.6 Å². The van der Waals surface area contributed by atoms with Gasteiger partial charge in [0.15, 0.2) is 5.13 Å². The van der Waals surface area contributed by atoms with Gasteiger partial charge >= 0.3 is 0 Å². The minimum Gasteiger partial charge on any atom is -0.379 e. The highest BCUT2D eigenvalue weighted by Gasteiger charge is 2.21. The topological polar surface area (TPSA) is 45.7 Å². The summed E-state index contributed by atoms with van der Waals surface area (Å²) in [6, 6.07) is 19.5. The minimum atomic E-state index is 0.00143. The van der Waals surface area contributed by atoms with E-state index in [1.807, 2.05) is 70.9 Å². The number of rotatable bonds is 7. The van der Waals surface area contributed by atoms with E-state index in [1.165, 1.54) is 11.3 Å². The fraction of sp³-hybridized carbons (Fsp3) is 0.304. The Morgan fingerprint density at radius 3 is 2.45 bits per heavy atom. The van der Waals surface area contributed by atoms with Gasteiger partial charge in [-0.15, -0.1) is 11.3 Å². The zero-order valence-corrected chi connectivity index (χ0v) is 17.2. The molecule has 0 N–H and O–H groups in total. The molecular formula is C23H25N3O2S. The Kier molecular flexibility index (Phi) is 6.67. The molecule has 0 spiro atoms. The van der Waals surface area contributed by atoms with E-state index in [9.17, 15) is 4.79 Å². The third-order valence-corrected chi connectivity index (χ3v) is 5.88. The van der Waals surface area contributed by atoms with Crippen LogP contribution in [0.4, 0.5) is 5.13 Å². The summed E-state index contributed by atoms with van der Waals surface area (Å²) in [6.45, 7) is 5.11. The van der Waals surface area contributed by atoms with E-state index in [2.05, 4.69) is 4.90 Å². The second-order valence-electron chi connectivity index (χ2n) is 7.01. The Hall–Kier alpha value is -2.54. The summed E-state index contributed by atoms with van der Waals surface area (Å²) < 4.78 is 5.42. The number of benzene rings is 2. The lowest BCUT2D eigenvalue weighted by Gasteiger charge is -2.27. The lowest BCUT2D eigenvalue weighted by atomic mass is 10.2. The van der Waals surface area contributed by atoms with Crippen LogP contribution in [0.1, 0.15) is 16.8 Å². The molecule has 150 valence electrons. The predicted octanol–water partition coefficient (Wildman–Crippen LogP) is 4.18. The van der Waals surface area contributed by atoms with Crippen molar-refractivity contribution >= 4 is 22.4 Å². The first-order valence-corrected chi connectivity index (χ1v) is 10.9. The van der Waals surface area contributed by atoms with Crippen LogP contribution in [0, 0.1) is 0 Å². The summed E-state index contributed by atoms with van der Waals surface area (Å²) >= 11 is 1.52.